The molecule has 0 bridgehead atoms. The highest BCUT2D eigenvalue weighted by Crippen LogP contribution is 2.24. The summed E-state index contributed by atoms with van der Waals surface area (Å²) in [5.74, 6) is -0.0567. The summed E-state index contributed by atoms with van der Waals surface area (Å²) in [4.78, 5) is 15.4. The first-order valence-corrected chi connectivity index (χ1v) is 11.5. The van der Waals surface area contributed by atoms with Crippen LogP contribution in [-0.4, -0.2) is 62.3 Å². The average molecular weight is 394 g/mol. The fraction of sp³-hybridized carbons (Fsp3) is 0.650. The fourth-order valence-corrected chi connectivity index (χ4v) is 5.54. The summed E-state index contributed by atoms with van der Waals surface area (Å²) < 4.78 is 27.6. The van der Waals surface area contributed by atoms with Crippen LogP contribution < -0.4 is 5.32 Å². The summed E-state index contributed by atoms with van der Waals surface area (Å²) >= 11 is 0. The zero-order valence-corrected chi connectivity index (χ0v) is 17.2. The molecule has 1 aromatic carbocycles. The topological polar surface area (TPSA) is 69.7 Å². The van der Waals surface area contributed by atoms with E-state index in [4.69, 9.17) is 0 Å². The van der Waals surface area contributed by atoms with E-state index < -0.39 is 10.0 Å². The smallest absolute Gasteiger partial charge is 0.254 e. The van der Waals surface area contributed by atoms with Gasteiger partial charge in [0.25, 0.3) is 5.91 Å². The molecule has 2 fully saturated rings. The maximum atomic E-state index is 13.3. The van der Waals surface area contributed by atoms with Crippen molar-refractivity contribution < 1.29 is 13.2 Å². The van der Waals surface area contributed by atoms with Crippen LogP contribution in [0.4, 0.5) is 0 Å². The molecule has 0 aromatic heterocycles. The predicted octanol–water partition coefficient (Wildman–Crippen LogP) is 2.38. The Labute approximate surface area is 163 Å². The van der Waals surface area contributed by atoms with Gasteiger partial charge in [-0.05, 0) is 56.8 Å². The molecule has 6 nitrogen and oxygen atoms in total. The van der Waals surface area contributed by atoms with Gasteiger partial charge in [-0.3, -0.25) is 4.79 Å². The number of carbonyl (C=O) groups excluding carboxylic acids is 1. The standard InChI is InChI=1S/C20H31N3O3S/c1-3-11-23(17-9-10-21-15-17)20(24)19-14-18(8-7-16(19)2)27(25,26)22-12-5-4-6-13-22/h7-8,14,17,21H,3-6,9-13,15H2,1-2H3. The Morgan fingerprint density at radius 3 is 2.63 bits per heavy atom. The molecule has 1 atom stereocenters. The number of hydrogen-bond acceptors (Lipinski definition) is 4. The van der Waals surface area contributed by atoms with Crippen molar-refractivity contribution in [2.24, 2.45) is 0 Å². The largest absolute Gasteiger partial charge is 0.334 e. The van der Waals surface area contributed by atoms with Crippen LogP contribution in [-0.2, 0) is 10.0 Å². The molecular formula is C20H31N3O3S. The van der Waals surface area contributed by atoms with E-state index >= 15 is 0 Å². The number of nitrogens with zero attached hydrogens (tertiary/aromatic N) is 2. The molecule has 7 heteroatoms. The Morgan fingerprint density at radius 1 is 1.26 bits per heavy atom. The normalized spacial score (nSPS) is 21.3. The number of hydrogen-bond donors (Lipinski definition) is 1. The number of sulfonamides is 1. The van der Waals surface area contributed by atoms with Crippen LogP contribution >= 0.6 is 0 Å². The predicted molar refractivity (Wildman–Crippen MR) is 106 cm³/mol. The third-order valence-corrected chi connectivity index (χ3v) is 7.49. The fourth-order valence-electron chi connectivity index (χ4n) is 4.00. The van der Waals surface area contributed by atoms with Crippen LogP contribution in [0.25, 0.3) is 0 Å². The minimum Gasteiger partial charge on any atom is -0.334 e. The number of aryl methyl sites for hydroxylation is 1. The Morgan fingerprint density at radius 2 is 2.00 bits per heavy atom. The third-order valence-electron chi connectivity index (χ3n) is 5.59. The zero-order chi connectivity index (χ0) is 19.4. The van der Waals surface area contributed by atoms with Gasteiger partial charge in [-0.25, -0.2) is 8.42 Å². The van der Waals surface area contributed by atoms with Crippen molar-refractivity contribution in [1.82, 2.24) is 14.5 Å². The molecule has 1 aromatic rings. The SMILES string of the molecule is CCCN(C(=O)c1cc(S(=O)(=O)N2CCCCC2)ccc1C)C1CCNC1. The van der Waals surface area contributed by atoms with E-state index in [0.717, 1.165) is 50.8 Å². The molecule has 1 unspecified atom stereocenters. The summed E-state index contributed by atoms with van der Waals surface area (Å²) in [5.41, 5.74) is 1.33. The highest BCUT2D eigenvalue weighted by atomic mass is 32.2. The van der Waals surface area contributed by atoms with Gasteiger partial charge in [-0.1, -0.05) is 19.4 Å². The van der Waals surface area contributed by atoms with E-state index in [1.807, 2.05) is 11.8 Å². The summed E-state index contributed by atoms with van der Waals surface area (Å²) in [7, 11) is -3.54. The van der Waals surface area contributed by atoms with Crippen LogP contribution in [0.15, 0.2) is 23.1 Å². The number of rotatable bonds is 6. The lowest BCUT2D eigenvalue weighted by Gasteiger charge is -2.29. The Hall–Kier alpha value is -1.44. The molecule has 2 aliphatic heterocycles. The summed E-state index contributed by atoms with van der Waals surface area (Å²) in [6.07, 6.45) is 4.69. The van der Waals surface area contributed by atoms with Crippen molar-refractivity contribution >= 4 is 15.9 Å². The first-order valence-electron chi connectivity index (χ1n) is 10.1. The second kappa shape index (κ2) is 8.71. The van der Waals surface area contributed by atoms with Gasteiger partial charge in [0.15, 0.2) is 0 Å². The minimum absolute atomic E-state index is 0.0567. The summed E-state index contributed by atoms with van der Waals surface area (Å²) in [6.45, 7) is 7.48. The zero-order valence-electron chi connectivity index (χ0n) is 16.4. The van der Waals surface area contributed by atoms with E-state index in [1.165, 1.54) is 0 Å². The molecular weight excluding hydrogens is 362 g/mol. The van der Waals surface area contributed by atoms with Crippen molar-refractivity contribution in [2.75, 3.05) is 32.7 Å². The van der Waals surface area contributed by atoms with E-state index in [2.05, 4.69) is 12.2 Å². The lowest BCUT2D eigenvalue weighted by Crippen LogP contribution is -2.42. The van der Waals surface area contributed by atoms with Crippen LogP contribution in [0.1, 0.15) is 54.9 Å². The van der Waals surface area contributed by atoms with Crippen LogP contribution in [0.2, 0.25) is 0 Å². The van der Waals surface area contributed by atoms with Gasteiger partial charge in [0, 0.05) is 37.8 Å². The monoisotopic (exact) mass is 393 g/mol. The van der Waals surface area contributed by atoms with E-state index in [-0.39, 0.29) is 16.8 Å². The number of benzene rings is 1. The van der Waals surface area contributed by atoms with E-state index in [1.54, 1.807) is 22.5 Å². The van der Waals surface area contributed by atoms with Gasteiger partial charge in [-0.2, -0.15) is 4.31 Å². The van der Waals surface area contributed by atoms with Crippen molar-refractivity contribution in [3.8, 4) is 0 Å². The minimum atomic E-state index is -3.54. The van der Waals surface area contributed by atoms with Crippen LogP contribution in [0.5, 0.6) is 0 Å². The molecule has 0 aliphatic carbocycles. The van der Waals surface area contributed by atoms with Gasteiger partial charge in [0.1, 0.15) is 0 Å². The third kappa shape index (κ3) is 4.36. The van der Waals surface area contributed by atoms with Crippen molar-refractivity contribution in [2.45, 2.75) is 56.9 Å². The van der Waals surface area contributed by atoms with Gasteiger partial charge in [0.2, 0.25) is 10.0 Å². The molecule has 2 aliphatic rings. The molecule has 2 heterocycles. The summed E-state index contributed by atoms with van der Waals surface area (Å²) in [6, 6.07) is 5.17. The molecule has 2 saturated heterocycles. The number of piperidine rings is 1. The second-order valence-corrected chi connectivity index (χ2v) is 9.52. The Balaban J connectivity index is 1.90. The van der Waals surface area contributed by atoms with Crippen LogP contribution in [0.3, 0.4) is 0 Å². The van der Waals surface area contributed by atoms with Gasteiger partial charge in [-0.15, -0.1) is 0 Å². The average Bonchev–Trinajstić information content (AvgIpc) is 3.21. The molecule has 0 radical (unpaired) electrons. The quantitative estimate of drug-likeness (QED) is 0.806. The highest BCUT2D eigenvalue weighted by Gasteiger charge is 2.30. The van der Waals surface area contributed by atoms with Crippen molar-refractivity contribution in [1.29, 1.82) is 0 Å². The van der Waals surface area contributed by atoms with Gasteiger partial charge >= 0.3 is 0 Å². The lowest BCUT2D eigenvalue weighted by atomic mass is 10.1. The molecule has 1 amide bonds. The van der Waals surface area contributed by atoms with Crippen molar-refractivity contribution in [3.63, 3.8) is 0 Å². The molecule has 27 heavy (non-hydrogen) atoms. The Kier molecular flexibility index (Phi) is 6.55. The molecule has 3 rings (SSSR count). The van der Waals surface area contributed by atoms with Crippen molar-refractivity contribution in [3.05, 3.63) is 29.3 Å². The lowest BCUT2D eigenvalue weighted by molar-refractivity contribution is 0.0691. The molecule has 1 N–H and O–H groups in total. The second-order valence-electron chi connectivity index (χ2n) is 7.59. The number of nitrogens with one attached hydrogen (secondary N) is 1. The van der Waals surface area contributed by atoms with Gasteiger partial charge in [0.05, 0.1) is 4.90 Å². The number of carbonyl (C=O) groups is 1. The first-order chi connectivity index (χ1) is 12.9. The molecule has 150 valence electrons. The molecule has 0 saturated carbocycles. The molecule has 0 spiro atoms. The summed E-state index contributed by atoms with van der Waals surface area (Å²) in [5, 5.41) is 3.31. The van der Waals surface area contributed by atoms with E-state index in [0.29, 0.717) is 25.2 Å². The maximum Gasteiger partial charge on any atom is 0.254 e. The Bertz CT molecular complexity index is 767. The van der Waals surface area contributed by atoms with Gasteiger partial charge < -0.3 is 10.2 Å². The highest BCUT2D eigenvalue weighted by molar-refractivity contribution is 7.89. The van der Waals surface area contributed by atoms with Crippen LogP contribution in [0, 0.1) is 6.92 Å². The maximum absolute atomic E-state index is 13.3. The first kappa shape index (κ1) is 20.3. The van der Waals surface area contributed by atoms with E-state index in [9.17, 15) is 13.2 Å². The number of amides is 1.